The summed E-state index contributed by atoms with van der Waals surface area (Å²) in [5.41, 5.74) is 2.47. The zero-order chi connectivity index (χ0) is 16.0. The molecule has 125 valence electrons. The molecule has 0 atom stereocenters. The lowest BCUT2D eigenvalue weighted by Crippen LogP contribution is -2.15. The van der Waals surface area contributed by atoms with Crippen molar-refractivity contribution in [3.63, 3.8) is 0 Å². The van der Waals surface area contributed by atoms with Crippen molar-refractivity contribution in [1.29, 1.82) is 0 Å². The quantitative estimate of drug-likeness (QED) is 0.730. The number of sulfonamides is 1. The van der Waals surface area contributed by atoms with Crippen LogP contribution in [-0.2, 0) is 16.6 Å². The topological polar surface area (TPSA) is 77.6 Å². The van der Waals surface area contributed by atoms with Gasteiger partial charge in [-0.1, -0.05) is 17.7 Å². The number of imidazole rings is 1. The van der Waals surface area contributed by atoms with Crippen LogP contribution in [0.1, 0.15) is 11.1 Å². The smallest absolute Gasteiger partial charge is 0.281 e. The molecule has 0 bridgehead atoms. The predicted molar refractivity (Wildman–Crippen MR) is 97.4 cm³/mol. The number of benzene rings is 1. The molecule has 6 nitrogen and oxygen atoms in total. The Morgan fingerprint density at radius 1 is 1.33 bits per heavy atom. The zero-order valence-corrected chi connectivity index (χ0v) is 15.2. The average molecular weight is 402 g/mol. The van der Waals surface area contributed by atoms with Crippen LogP contribution in [0.3, 0.4) is 0 Å². The summed E-state index contributed by atoms with van der Waals surface area (Å²) >= 11 is 7.33. The first-order valence-corrected chi connectivity index (χ1v) is 9.39. The number of hydrogen-bond acceptors (Lipinski definition) is 4. The highest BCUT2D eigenvalue weighted by Gasteiger charge is 2.25. The van der Waals surface area contributed by atoms with E-state index in [-0.39, 0.29) is 22.6 Å². The summed E-state index contributed by atoms with van der Waals surface area (Å²) in [6.45, 7) is 0.600. The Morgan fingerprint density at radius 3 is 3.00 bits per heavy atom. The molecule has 0 fully saturated rings. The summed E-state index contributed by atoms with van der Waals surface area (Å²) in [4.78, 5) is 4.59. The number of fused-ring (bicyclic) bond motifs is 2. The van der Waals surface area contributed by atoms with Gasteiger partial charge in [-0.05, 0) is 29.3 Å². The Bertz CT molecular complexity index is 1040. The molecule has 1 N–H and O–H groups in total. The molecule has 0 saturated carbocycles. The van der Waals surface area contributed by atoms with E-state index in [1.54, 1.807) is 29.9 Å². The third-order valence-electron chi connectivity index (χ3n) is 3.45. The van der Waals surface area contributed by atoms with Gasteiger partial charge in [-0.2, -0.15) is 8.42 Å². The van der Waals surface area contributed by atoms with Crippen LogP contribution in [0.25, 0.3) is 11.0 Å². The van der Waals surface area contributed by atoms with E-state index in [9.17, 15) is 8.42 Å². The van der Waals surface area contributed by atoms with Gasteiger partial charge in [-0.3, -0.25) is 14.4 Å². The van der Waals surface area contributed by atoms with Crippen molar-refractivity contribution in [3.05, 3.63) is 52.3 Å². The summed E-state index contributed by atoms with van der Waals surface area (Å²) < 4.78 is 29.4. The van der Waals surface area contributed by atoms with E-state index in [4.69, 9.17) is 11.6 Å². The van der Waals surface area contributed by atoms with Gasteiger partial charge >= 0.3 is 0 Å². The average Bonchev–Trinajstić information content (AvgIpc) is 3.06. The van der Waals surface area contributed by atoms with Crippen molar-refractivity contribution in [3.8, 4) is 0 Å². The largest absolute Gasteiger partial charge is 0.288 e. The minimum Gasteiger partial charge on any atom is -0.288 e. The van der Waals surface area contributed by atoms with Crippen LogP contribution in [0.5, 0.6) is 0 Å². The van der Waals surface area contributed by atoms with Gasteiger partial charge in [0.1, 0.15) is 0 Å². The molecule has 1 aliphatic rings. The van der Waals surface area contributed by atoms with Crippen LogP contribution in [0.2, 0.25) is 5.15 Å². The maximum atomic E-state index is 12.7. The number of thiazole rings is 1. The van der Waals surface area contributed by atoms with E-state index in [0.717, 1.165) is 11.1 Å². The van der Waals surface area contributed by atoms with Gasteiger partial charge in [0.15, 0.2) is 15.1 Å². The second-order valence-corrected chi connectivity index (χ2v) is 7.77. The van der Waals surface area contributed by atoms with E-state index in [1.165, 1.54) is 15.7 Å². The third-order valence-corrected chi connectivity index (χ3v) is 5.99. The monoisotopic (exact) mass is 401 g/mol. The first kappa shape index (κ1) is 17.1. The highest BCUT2D eigenvalue weighted by molar-refractivity contribution is 7.92. The Balaban J connectivity index is 0.00000169. The molecule has 3 aromatic rings. The van der Waals surface area contributed by atoms with Crippen LogP contribution in [0, 0.1) is 0 Å². The fourth-order valence-corrected chi connectivity index (χ4v) is 4.93. The molecular formula is C14H11Cl2N4O2S2. The number of nitrogens with one attached hydrogen (secondary N) is 1. The van der Waals surface area contributed by atoms with Gasteiger partial charge in [-0.25, -0.2) is 4.98 Å². The van der Waals surface area contributed by atoms with Gasteiger partial charge in [0.05, 0.1) is 6.54 Å². The Morgan fingerprint density at radius 2 is 2.17 bits per heavy atom. The van der Waals surface area contributed by atoms with Gasteiger partial charge < -0.3 is 0 Å². The molecule has 0 amide bonds. The molecule has 0 saturated heterocycles. The van der Waals surface area contributed by atoms with Crippen molar-refractivity contribution in [1.82, 2.24) is 14.7 Å². The highest BCUT2D eigenvalue weighted by atomic mass is 35.5. The van der Waals surface area contributed by atoms with Crippen LogP contribution in [0.15, 0.2) is 41.0 Å². The normalized spacial score (nSPS) is 13.2. The minimum absolute atomic E-state index is 0. The minimum atomic E-state index is -3.85. The number of rotatable bonds is 3. The zero-order valence-electron chi connectivity index (χ0n) is 12.0. The molecule has 3 heterocycles. The van der Waals surface area contributed by atoms with E-state index in [0.29, 0.717) is 17.2 Å². The van der Waals surface area contributed by atoms with E-state index in [1.807, 2.05) is 12.1 Å². The fraction of sp³-hybridized carbons (Fsp3) is 0.0714. The Hall–Kier alpha value is -1.74. The van der Waals surface area contributed by atoms with Crippen LogP contribution in [0.4, 0.5) is 5.69 Å². The first-order chi connectivity index (χ1) is 11.0. The lowest BCUT2D eigenvalue weighted by molar-refractivity contribution is 0.596. The molecule has 1 aromatic carbocycles. The van der Waals surface area contributed by atoms with Crippen molar-refractivity contribution in [2.45, 2.75) is 11.6 Å². The van der Waals surface area contributed by atoms with Crippen molar-refractivity contribution >= 4 is 62.1 Å². The summed E-state index contributed by atoms with van der Waals surface area (Å²) in [6.07, 6.45) is 5.19. The van der Waals surface area contributed by atoms with E-state index >= 15 is 0 Å². The van der Waals surface area contributed by atoms with Crippen LogP contribution >= 0.6 is 35.3 Å². The summed E-state index contributed by atoms with van der Waals surface area (Å²) in [7, 11) is -3.85. The Kier molecular flexibility index (Phi) is 4.48. The van der Waals surface area contributed by atoms with Gasteiger partial charge in [0.2, 0.25) is 0 Å². The number of nitrogens with zero attached hydrogens (tertiary/aromatic N) is 3. The standard InChI is InChI=1S/C14H10ClN4O2S2.ClH/c15-12-13(19-5-6-22-14(19)17-12)23(20,21)18-11-2-1-10-8-16-4-3-9(10)7-11;/h1-7,18H,8H2;1H. The van der Waals surface area contributed by atoms with Crippen LogP contribution < -0.4 is 10.0 Å². The SMILES string of the molecule is Cl.O=S(=O)(Nc1ccc2c(c1)C=C[N]C2)c1c(Cl)nc2sccn12. The van der Waals surface area contributed by atoms with Gasteiger partial charge in [-0.15, -0.1) is 23.7 Å². The summed E-state index contributed by atoms with van der Waals surface area (Å²) in [5, 5.41) is 5.81. The second-order valence-electron chi connectivity index (χ2n) is 4.94. The van der Waals surface area contributed by atoms with Crippen molar-refractivity contribution in [2.24, 2.45) is 0 Å². The number of hydrogen-bond donors (Lipinski definition) is 1. The molecule has 0 unspecified atom stereocenters. The Labute approximate surface area is 153 Å². The molecule has 0 spiro atoms. The van der Waals surface area contributed by atoms with E-state index in [2.05, 4.69) is 15.0 Å². The maximum absolute atomic E-state index is 12.7. The molecular weight excluding hydrogens is 391 g/mol. The highest BCUT2D eigenvalue weighted by Crippen LogP contribution is 2.28. The summed E-state index contributed by atoms with van der Waals surface area (Å²) in [6, 6.07) is 5.35. The molecule has 1 aliphatic heterocycles. The number of halogens is 2. The predicted octanol–water partition coefficient (Wildman–Crippen LogP) is 3.36. The van der Waals surface area contributed by atoms with Crippen molar-refractivity contribution in [2.75, 3.05) is 4.72 Å². The summed E-state index contributed by atoms with van der Waals surface area (Å²) in [5.74, 6) is 0. The molecule has 4 rings (SSSR count). The molecule has 24 heavy (non-hydrogen) atoms. The van der Waals surface area contributed by atoms with Crippen LogP contribution in [-0.4, -0.2) is 17.8 Å². The van der Waals surface area contributed by atoms with Gasteiger partial charge in [0, 0.05) is 23.5 Å². The maximum Gasteiger partial charge on any atom is 0.281 e. The van der Waals surface area contributed by atoms with Crippen molar-refractivity contribution < 1.29 is 8.42 Å². The lowest BCUT2D eigenvalue weighted by Gasteiger charge is -2.13. The molecule has 1 radical (unpaired) electrons. The third kappa shape index (κ3) is 2.86. The van der Waals surface area contributed by atoms with Gasteiger partial charge in [0.25, 0.3) is 10.0 Å². The molecule has 10 heteroatoms. The van der Waals surface area contributed by atoms with E-state index < -0.39 is 10.0 Å². The fourth-order valence-electron chi connectivity index (χ4n) is 2.42. The number of anilines is 1. The molecule has 2 aromatic heterocycles. The lowest BCUT2D eigenvalue weighted by atomic mass is 10.0. The molecule has 0 aliphatic carbocycles. The second kappa shape index (κ2) is 6.29. The number of aromatic nitrogens is 2. The first-order valence-electron chi connectivity index (χ1n) is 6.64.